The molecule has 2 nitrogen and oxygen atoms in total. The van der Waals surface area contributed by atoms with E-state index < -0.39 is 8.03 Å². The summed E-state index contributed by atoms with van der Waals surface area (Å²) in [5, 5.41) is 0.834. The third-order valence-corrected chi connectivity index (χ3v) is 3.92. The molecule has 1 aromatic carbocycles. The van der Waals surface area contributed by atoms with Gasteiger partial charge in [0.2, 0.25) is 8.03 Å². The van der Waals surface area contributed by atoms with Crippen LogP contribution in [-0.2, 0) is 15.5 Å². The Hall–Kier alpha value is -0.850. The lowest BCUT2D eigenvalue weighted by molar-refractivity contribution is 0.305. The van der Waals surface area contributed by atoms with Crippen LogP contribution in [0.25, 0.3) is 0 Å². The first-order valence-corrected chi connectivity index (χ1v) is 7.32. The quantitative estimate of drug-likeness (QED) is 0.547. The molecule has 0 amide bonds. The molecular weight excluding hydrogens is 231 g/mol. The van der Waals surface area contributed by atoms with Gasteiger partial charge in [0.15, 0.2) is 0 Å². The van der Waals surface area contributed by atoms with Gasteiger partial charge >= 0.3 is 0 Å². The molecule has 3 heteroatoms. The second kappa shape index (κ2) is 7.47. The fraction of sp³-hybridized carbons (Fsp3) is 0.429. The maximum atomic E-state index is 12.1. The van der Waals surface area contributed by atoms with Gasteiger partial charge in [-0.1, -0.05) is 38.1 Å². The van der Waals surface area contributed by atoms with Crippen molar-refractivity contribution in [3.8, 4) is 0 Å². The lowest BCUT2D eigenvalue weighted by atomic mass is 10.1. The Morgan fingerprint density at radius 2 is 2.12 bits per heavy atom. The van der Waals surface area contributed by atoms with E-state index in [9.17, 15) is 4.57 Å². The van der Waals surface area contributed by atoms with Crippen molar-refractivity contribution >= 4 is 13.3 Å². The van der Waals surface area contributed by atoms with E-state index in [-0.39, 0.29) is 0 Å². The summed E-state index contributed by atoms with van der Waals surface area (Å²) in [5.74, 6) is 0.577. The van der Waals surface area contributed by atoms with Gasteiger partial charge in [-0.3, -0.25) is 4.57 Å². The third-order valence-electron chi connectivity index (χ3n) is 2.53. The van der Waals surface area contributed by atoms with Crippen molar-refractivity contribution < 1.29 is 9.09 Å². The highest BCUT2D eigenvalue weighted by molar-refractivity contribution is 7.48. The average molecular weight is 252 g/mol. The van der Waals surface area contributed by atoms with E-state index in [4.69, 9.17) is 4.52 Å². The zero-order chi connectivity index (χ0) is 12.7. The van der Waals surface area contributed by atoms with Crippen LogP contribution in [0.3, 0.4) is 0 Å². The summed E-state index contributed by atoms with van der Waals surface area (Å²) in [6.45, 7) is 8.54. The SMILES string of the molecule is C=CCc1ccccc1[PH](=O)OCCC(C)C. The zero-order valence-corrected chi connectivity index (χ0v) is 11.6. The van der Waals surface area contributed by atoms with Gasteiger partial charge in [0.05, 0.1) is 6.61 Å². The largest absolute Gasteiger partial charge is 0.327 e. The van der Waals surface area contributed by atoms with Crippen molar-refractivity contribution in [1.82, 2.24) is 0 Å². The minimum Gasteiger partial charge on any atom is -0.327 e. The van der Waals surface area contributed by atoms with Crippen LogP contribution < -0.4 is 5.30 Å². The maximum Gasteiger partial charge on any atom is 0.220 e. The summed E-state index contributed by atoms with van der Waals surface area (Å²) in [6.07, 6.45) is 3.50. The molecule has 1 atom stereocenters. The van der Waals surface area contributed by atoms with Gasteiger partial charge in [-0.25, -0.2) is 0 Å². The van der Waals surface area contributed by atoms with E-state index in [2.05, 4.69) is 20.4 Å². The summed E-state index contributed by atoms with van der Waals surface area (Å²) in [6, 6.07) is 7.71. The topological polar surface area (TPSA) is 26.3 Å². The van der Waals surface area contributed by atoms with Crippen molar-refractivity contribution in [2.24, 2.45) is 5.92 Å². The van der Waals surface area contributed by atoms with Crippen LogP contribution >= 0.6 is 8.03 Å². The Morgan fingerprint density at radius 1 is 1.41 bits per heavy atom. The Balaban J connectivity index is 2.64. The van der Waals surface area contributed by atoms with Gasteiger partial charge in [0.25, 0.3) is 0 Å². The van der Waals surface area contributed by atoms with Crippen molar-refractivity contribution in [3.05, 3.63) is 42.5 Å². The van der Waals surface area contributed by atoms with E-state index in [0.29, 0.717) is 12.5 Å². The second-order valence-corrected chi connectivity index (χ2v) is 5.87. The van der Waals surface area contributed by atoms with E-state index >= 15 is 0 Å². The highest BCUT2D eigenvalue weighted by Crippen LogP contribution is 2.24. The number of hydrogen-bond donors (Lipinski definition) is 0. The second-order valence-electron chi connectivity index (χ2n) is 4.47. The number of rotatable bonds is 7. The van der Waals surface area contributed by atoms with Crippen LogP contribution in [0.5, 0.6) is 0 Å². The lowest BCUT2D eigenvalue weighted by Gasteiger charge is -2.09. The van der Waals surface area contributed by atoms with Gasteiger partial charge in [0, 0.05) is 5.30 Å². The molecule has 0 saturated heterocycles. The molecule has 94 valence electrons. The van der Waals surface area contributed by atoms with E-state index in [1.807, 2.05) is 30.3 Å². The number of hydrogen-bond acceptors (Lipinski definition) is 2. The maximum absolute atomic E-state index is 12.1. The van der Waals surface area contributed by atoms with Crippen LogP contribution in [-0.4, -0.2) is 6.61 Å². The van der Waals surface area contributed by atoms with E-state index in [0.717, 1.165) is 23.7 Å². The lowest BCUT2D eigenvalue weighted by Crippen LogP contribution is -2.06. The normalized spacial score (nSPS) is 12.6. The molecule has 0 saturated carbocycles. The first kappa shape index (κ1) is 14.2. The molecule has 0 fully saturated rings. The molecule has 0 radical (unpaired) electrons. The minimum absolute atomic E-state index is 0.567. The van der Waals surface area contributed by atoms with Gasteiger partial charge in [-0.05, 0) is 30.4 Å². The summed E-state index contributed by atoms with van der Waals surface area (Å²) in [4.78, 5) is 0. The summed E-state index contributed by atoms with van der Waals surface area (Å²) < 4.78 is 17.5. The molecule has 0 heterocycles. The molecule has 0 bridgehead atoms. The van der Waals surface area contributed by atoms with Gasteiger partial charge in [0.1, 0.15) is 0 Å². The van der Waals surface area contributed by atoms with Crippen LogP contribution in [0.15, 0.2) is 36.9 Å². The molecule has 1 aromatic rings. The first-order valence-electron chi connectivity index (χ1n) is 6.01. The molecule has 0 aromatic heterocycles. The third kappa shape index (κ3) is 4.89. The highest BCUT2D eigenvalue weighted by atomic mass is 31.1. The standard InChI is InChI=1S/C14H21O2P/c1-4-7-13-8-5-6-9-14(13)17(15)16-11-10-12(2)3/h4-6,8-9,12,17H,1,7,10-11H2,2-3H3. The summed E-state index contributed by atoms with van der Waals surface area (Å²) in [5.41, 5.74) is 1.05. The van der Waals surface area contributed by atoms with Crippen LogP contribution in [0, 0.1) is 5.92 Å². The average Bonchev–Trinajstić information content (AvgIpc) is 2.29. The zero-order valence-electron chi connectivity index (χ0n) is 10.6. The molecule has 0 N–H and O–H groups in total. The molecule has 0 aliphatic rings. The van der Waals surface area contributed by atoms with Crippen molar-refractivity contribution in [3.63, 3.8) is 0 Å². The molecule has 0 aliphatic heterocycles. The highest BCUT2D eigenvalue weighted by Gasteiger charge is 2.08. The number of benzene rings is 1. The Labute approximate surface area is 105 Å². The van der Waals surface area contributed by atoms with Crippen LogP contribution in [0.4, 0.5) is 0 Å². The van der Waals surface area contributed by atoms with Crippen molar-refractivity contribution in [1.29, 1.82) is 0 Å². The van der Waals surface area contributed by atoms with Gasteiger partial charge in [-0.15, -0.1) is 6.58 Å². The van der Waals surface area contributed by atoms with E-state index in [1.54, 1.807) is 0 Å². The summed E-state index contributed by atoms with van der Waals surface area (Å²) >= 11 is 0. The van der Waals surface area contributed by atoms with Gasteiger partial charge in [-0.2, -0.15) is 0 Å². The Morgan fingerprint density at radius 3 is 2.76 bits per heavy atom. The predicted octanol–water partition coefficient (Wildman–Crippen LogP) is 3.58. The Bertz CT molecular complexity index is 386. The molecule has 17 heavy (non-hydrogen) atoms. The first-order chi connectivity index (χ1) is 8.15. The minimum atomic E-state index is -2.11. The molecule has 1 unspecified atom stereocenters. The van der Waals surface area contributed by atoms with Crippen molar-refractivity contribution in [2.45, 2.75) is 26.7 Å². The van der Waals surface area contributed by atoms with Crippen LogP contribution in [0.1, 0.15) is 25.8 Å². The molecule has 1 rings (SSSR count). The molecule has 0 aliphatic carbocycles. The Kier molecular flexibility index (Phi) is 6.25. The van der Waals surface area contributed by atoms with Crippen molar-refractivity contribution in [2.75, 3.05) is 6.61 Å². The van der Waals surface area contributed by atoms with E-state index in [1.165, 1.54) is 0 Å². The number of allylic oxidation sites excluding steroid dienone is 1. The fourth-order valence-corrected chi connectivity index (χ4v) is 2.66. The molecular formula is C14H21O2P. The summed E-state index contributed by atoms with van der Waals surface area (Å²) in [7, 11) is -2.11. The molecule has 0 spiro atoms. The van der Waals surface area contributed by atoms with Crippen LogP contribution in [0.2, 0.25) is 0 Å². The monoisotopic (exact) mass is 252 g/mol. The predicted molar refractivity (Wildman–Crippen MR) is 74.4 cm³/mol. The smallest absolute Gasteiger partial charge is 0.220 e. The van der Waals surface area contributed by atoms with Gasteiger partial charge < -0.3 is 4.52 Å². The fourth-order valence-electron chi connectivity index (χ4n) is 1.52.